The molecule has 0 bridgehead atoms. The highest BCUT2D eigenvalue weighted by Crippen LogP contribution is 2.05. The van der Waals surface area contributed by atoms with Crippen LogP contribution in [0.1, 0.15) is 64.9 Å². The van der Waals surface area contributed by atoms with E-state index in [1.165, 1.54) is 0 Å². The Morgan fingerprint density at radius 2 is 1.61 bits per heavy atom. The van der Waals surface area contributed by atoms with Gasteiger partial charge >= 0.3 is 5.97 Å². The van der Waals surface area contributed by atoms with Crippen molar-refractivity contribution in [3.63, 3.8) is 0 Å². The summed E-state index contributed by atoms with van der Waals surface area (Å²) in [7, 11) is 0. The SMILES string of the molecule is C=CC.CC.NCCN(CCN)C(=O)CC[C@H](N)C(=O)NCCCCCC(=O)OCc1ccccc1. The maximum atomic E-state index is 12.2. The standard InChI is InChI=1S/C22H37N5O4.C3H6.C2H6/c23-12-15-27(16-13-24)20(28)11-10-19(25)22(30)26-14-6-2-5-9-21(29)31-17-18-7-3-1-4-8-18;1-3-2;1-2/h1,3-4,7-8,19H,2,5-6,9-17,23-25H2,(H,26,30);3H,1H2,2H3;1-2H3/t19-;;/m0../s1. The molecular formula is C27H49N5O4. The second-order valence-corrected chi connectivity index (χ2v) is 7.76. The molecule has 0 fully saturated rings. The molecule has 206 valence electrons. The Morgan fingerprint density at radius 3 is 2.17 bits per heavy atom. The van der Waals surface area contributed by atoms with E-state index in [-0.39, 0.29) is 37.2 Å². The van der Waals surface area contributed by atoms with Crippen LogP contribution in [0.25, 0.3) is 0 Å². The Balaban J connectivity index is 0. The number of allylic oxidation sites excluding steroid dienone is 1. The lowest BCUT2D eigenvalue weighted by molar-refractivity contribution is -0.145. The number of hydrogen-bond acceptors (Lipinski definition) is 7. The molecule has 0 heterocycles. The van der Waals surface area contributed by atoms with Crippen LogP contribution in [-0.4, -0.2) is 61.4 Å². The van der Waals surface area contributed by atoms with Gasteiger partial charge in [-0.15, -0.1) is 6.58 Å². The van der Waals surface area contributed by atoms with E-state index in [2.05, 4.69) is 11.9 Å². The molecule has 0 spiro atoms. The molecule has 9 heteroatoms. The van der Waals surface area contributed by atoms with Gasteiger partial charge in [0.25, 0.3) is 0 Å². The summed E-state index contributed by atoms with van der Waals surface area (Å²) < 4.78 is 5.23. The van der Waals surface area contributed by atoms with Crippen molar-refractivity contribution in [3.8, 4) is 0 Å². The summed E-state index contributed by atoms with van der Waals surface area (Å²) in [6.07, 6.45) is 4.78. The molecule has 1 aromatic carbocycles. The van der Waals surface area contributed by atoms with Gasteiger partial charge in [-0.3, -0.25) is 14.4 Å². The third-order valence-electron chi connectivity index (χ3n) is 4.76. The highest BCUT2D eigenvalue weighted by atomic mass is 16.5. The number of unbranched alkanes of at least 4 members (excludes halogenated alkanes) is 2. The molecule has 9 nitrogen and oxygen atoms in total. The van der Waals surface area contributed by atoms with Gasteiger partial charge in [0.2, 0.25) is 11.8 Å². The van der Waals surface area contributed by atoms with Crippen LogP contribution in [0.2, 0.25) is 0 Å². The first-order chi connectivity index (χ1) is 17.4. The number of hydrogen-bond donors (Lipinski definition) is 4. The summed E-state index contributed by atoms with van der Waals surface area (Å²) in [4.78, 5) is 37.6. The van der Waals surface area contributed by atoms with Crippen molar-refractivity contribution in [2.75, 3.05) is 32.7 Å². The summed E-state index contributed by atoms with van der Waals surface area (Å²) in [6, 6.07) is 8.80. The Bertz CT molecular complexity index is 695. The molecule has 0 aromatic heterocycles. The van der Waals surface area contributed by atoms with Gasteiger partial charge in [-0.25, -0.2) is 0 Å². The predicted molar refractivity (Wildman–Crippen MR) is 147 cm³/mol. The van der Waals surface area contributed by atoms with Crippen LogP contribution in [0.15, 0.2) is 43.0 Å². The zero-order valence-electron chi connectivity index (χ0n) is 22.5. The summed E-state index contributed by atoms with van der Waals surface area (Å²) in [5.74, 6) is -0.601. The molecule has 36 heavy (non-hydrogen) atoms. The fourth-order valence-corrected chi connectivity index (χ4v) is 2.97. The van der Waals surface area contributed by atoms with Crippen molar-refractivity contribution < 1.29 is 19.1 Å². The fraction of sp³-hybridized carbons (Fsp3) is 0.593. The largest absolute Gasteiger partial charge is 0.461 e. The molecular weight excluding hydrogens is 458 g/mol. The molecule has 7 N–H and O–H groups in total. The van der Waals surface area contributed by atoms with Crippen molar-refractivity contribution in [1.29, 1.82) is 0 Å². The summed E-state index contributed by atoms with van der Waals surface area (Å²) in [6.45, 7) is 11.6. The van der Waals surface area contributed by atoms with E-state index in [4.69, 9.17) is 21.9 Å². The third kappa shape index (κ3) is 19.5. The summed E-state index contributed by atoms with van der Waals surface area (Å²) in [5, 5.41) is 2.78. The Labute approximate surface area is 217 Å². The van der Waals surface area contributed by atoms with E-state index in [1.54, 1.807) is 11.0 Å². The first-order valence-electron chi connectivity index (χ1n) is 12.9. The molecule has 0 saturated carbocycles. The van der Waals surface area contributed by atoms with Crippen LogP contribution in [0, 0.1) is 0 Å². The Morgan fingerprint density at radius 1 is 1.03 bits per heavy atom. The number of ether oxygens (including phenoxy) is 1. The Kier molecular flexibility index (Phi) is 24.9. The zero-order valence-corrected chi connectivity index (χ0v) is 22.5. The number of carbonyl (C=O) groups is 3. The minimum Gasteiger partial charge on any atom is -0.461 e. The Hall–Kier alpha value is -2.75. The maximum Gasteiger partial charge on any atom is 0.306 e. The van der Waals surface area contributed by atoms with Crippen LogP contribution >= 0.6 is 0 Å². The van der Waals surface area contributed by atoms with Gasteiger partial charge in [0.1, 0.15) is 6.61 Å². The first kappa shape index (κ1) is 35.4. The quantitative estimate of drug-likeness (QED) is 0.152. The van der Waals surface area contributed by atoms with E-state index >= 15 is 0 Å². The molecule has 1 rings (SSSR count). The number of esters is 1. The van der Waals surface area contributed by atoms with Crippen LogP contribution in [0.4, 0.5) is 0 Å². The van der Waals surface area contributed by atoms with Gasteiger partial charge in [-0.1, -0.05) is 56.7 Å². The van der Waals surface area contributed by atoms with E-state index in [9.17, 15) is 14.4 Å². The lowest BCUT2D eigenvalue weighted by Crippen LogP contribution is -2.43. The van der Waals surface area contributed by atoms with E-state index in [1.807, 2.05) is 51.1 Å². The van der Waals surface area contributed by atoms with Crippen molar-refractivity contribution in [2.45, 2.75) is 71.9 Å². The fourth-order valence-electron chi connectivity index (χ4n) is 2.97. The molecule has 0 aliphatic carbocycles. The van der Waals surface area contributed by atoms with Gasteiger partial charge in [0, 0.05) is 45.6 Å². The summed E-state index contributed by atoms with van der Waals surface area (Å²) >= 11 is 0. The van der Waals surface area contributed by atoms with Gasteiger partial charge in [0.05, 0.1) is 6.04 Å². The average molecular weight is 508 g/mol. The van der Waals surface area contributed by atoms with Gasteiger partial charge in [-0.2, -0.15) is 0 Å². The van der Waals surface area contributed by atoms with Crippen LogP contribution < -0.4 is 22.5 Å². The van der Waals surface area contributed by atoms with Gasteiger partial charge in [0.15, 0.2) is 0 Å². The molecule has 0 radical (unpaired) electrons. The van der Waals surface area contributed by atoms with Crippen molar-refractivity contribution in [3.05, 3.63) is 48.6 Å². The lowest BCUT2D eigenvalue weighted by Gasteiger charge is -2.22. The van der Waals surface area contributed by atoms with Crippen molar-refractivity contribution in [1.82, 2.24) is 10.2 Å². The minimum atomic E-state index is -0.741. The van der Waals surface area contributed by atoms with Crippen LogP contribution in [0.3, 0.4) is 0 Å². The second-order valence-electron chi connectivity index (χ2n) is 7.76. The highest BCUT2D eigenvalue weighted by molar-refractivity contribution is 5.83. The number of rotatable bonds is 16. The van der Waals surface area contributed by atoms with Crippen LogP contribution in [0.5, 0.6) is 0 Å². The summed E-state index contributed by atoms with van der Waals surface area (Å²) in [5.41, 5.74) is 17.8. The smallest absolute Gasteiger partial charge is 0.306 e. The second kappa shape index (κ2) is 25.3. The predicted octanol–water partition coefficient (Wildman–Crippen LogP) is 2.48. The topological polar surface area (TPSA) is 154 Å². The van der Waals surface area contributed by atoms with E-state index in [0.717, 1.165) is 18.4 Å². The first-order valence-corrected chi connectivity index (χ1v) is 12.9. The van der Waals surface area contributed by atoms with Crippen LogP contribution in [-0.2, 0) is 25.7 Å². The van der Waals surface area contributed by atoms with Crippen molar-refractivity contribution >= 4 is 17.8 Å². The maximum absolute atomic E-state index is 12.2. The molecule has 1 atom stereocenters. The number of nitrogens with zero attached hydrogens (tertiary/aromatic N) is 1. The molecule has 0 aliphatic heterocycles. The van der Waals surface area contributed by atoms with E-state index in [0.29, 0.717) is 45.6 Å². The highest BCUT2D eigenvalue weighted by Gasteiger charge is 2.17. The number of nitrogens with two attached hydrogens (primary N) is 3. The average Bonchev–Trinajstić information content (AvgIpc) is 2.89. The van der Waals surface area contributed by atoms with E-state index < -0.39 is 6.04 Å². The molecule has 0 aliphatic rings. The number of amides is 2. The van der Waals surface area contributed by atoms with Gasteiger partial charge in [-0.05, 0) is 31.7 Å². The molecule has 0 saturated heterocycles. The third-order valence-corrected chi connectivity index (χ3v) is 4.76. The lowest BCUT2D eigenvalue weighted by atomic mass is 10.1. The normalized spacial score (nSPS) is 10.5. The molecule has 2 amide bonds. The zero-order chi connectivity index (χ0) is 27.6. The number of carbonyl (C=O) groups excluding carboxylic acids is 3. The van der Waals surface area contributed by atoms with Gasteiger partial charge < -0.3 is 32.2 Å². The number of nitrogens with one attached hydrogen (secondary N) is 1. The molecule has 0 unspecified atom stereocenters. The van der Waals surface area contributed by atoms with Crippen molar-refractivity contribution in [2.24, 2.45) is 17.2 Å². The monoisotopic (exact) mass is 507 g/mol. The number of benzene rings is 1. The minimum absolute atomic E-state index is 0.0988. The molecule has 1 aromatic rings.